The van der Waals surface area contributed by atoms with Crippen LogP contribution in [-0.2, 0) is 0 Å². The third-order valence-electron chi connectivity index (χ3n) is 3.13. The average Bonchev–Trinajstić information content (AvgIpc) is 2.42. The van der Waals surface area contributed by atoms with Crippen molar-refractivity contribution in [2.24, 2.45) is 5.73 Å². The minimum absolute atomic E-state index is 0.775. The van der Waals surface area contributed by atoms with Crippen LogP contribution in [0.25, 0.3) is 11.0 Å². The number of nitrogens with zero attached hydrogens (tertiary/aromatic N) is 3. The molecule has 2 N–H and O–H groups in total. The molecule has 0 amide bonds. The summed E-state index contributed by atoms with van der Waals surface area (Å²) in [5.41, 5.74) is 8.51. The van der Waals surface area contributed by atoms with Gasteiger partial charge < -0.3 is 10.6 Å². The summed E-state index contributed by atoms with van der Waals surface area (Å²) >= 11 is 3.43. The van der Waals surface area contributed by atoms with Crippen LogP contribution in [-0.4, -0.2) is 30.1 Å². The fraction of sp³-hybridized carbons (Fsp3) is 0.429. The first-order valence-electron chi connectivity index (χ1n) is 6.54. The van der Waals surface area contributed by atoms with Gasteiger partial charge in [0.1, 0.15) is 5.52 Å². The first kappa shape index (κ1) is 14.2. The molecule has 0 aliphatic heterocycles. The largest absolute Gasteiger partial charge is 0.373 e. The Bertz CT molecular complexity index is 544. The van der Waals surface area contributed by atoms with Crippen molar-refractivity contribution < 1.29 is 0 Å². The molecule has 2 aromatic rings. The summed E-state index contributed by atoms with van der Waals surface area (Å²) in [7, 11) is 2.10. The molecule has 102 valence electrons. The lowest BCUT2D eigenvalue weighted by Gasteiger charge is -2.20. The predicted molar refractivity (Wildman–Crippen MR) is 83.4 cm³/mol. The molecule has 4 nitrogen and oxygen atoms in total. The molecule has 0 bridgehead atoms. The van der Waals surface area contributed by atoms with Crippen molar-refractivity contribution in [1.82, 2.24) is 9.97 Å². The Hall–Kier alpha value is -1.20. The predicted octanol–water partition coefficient (Wildman–Crippen LogP) is 2.96. The molecule has 0 spiro atoms. The standard InChI is InChI=1S/C14H19BrN4/c1-19(8-4-2-3-6-16)13-5-7-17-12-9-11(15)10-18-14(12)13/h5,7,9-10H,2-4,6,8,16H2,1H3. The Morgan fingerprint density at radius 1 is 1.26 bits per heavy atom. The average molecular weight is 323 g/mol. The van der Waals surface area contributed by atoms with Gasteiger partial charge in [-0.2, -0.15) is 0 Å². The summed E-state index contributed by atoms with van der Waals surface area (Å²) in [6.07, 6.45) is 7.06. The van der Waals surface area contributed by atoms with E-state index in [9.17, 15) is 0 Å². The van der Waals surface area contributed by atoms with Crippen LogP contribution in [0.5, 0.6) is 0 Å². The molecule has 2 aromatic heterocycles. The van der Waals surface area contributed by atoms with Crippen molar-refractivity contribution in [3.63, 3.8) is 0 Å². The fourth-order valence-corrected chi connectivity index (χ4v) is 2.41. The maximum Gasteiger partial charge on any atom is 0.112 e. The zero-order chi connectivity index (χ0) is 13.7. The van der Waals surface area contributed by atoms with Gasteiger partial charge in [-0.3, -0.25) is 9.97 Å². The van der Waals surface area contributed by atoms with Crippen molar-refractivity contribution in [3.8, 4) is 0 Å². The molecule has 2 rings (SSSR count). The van der Waals surface area contributed by atoms with Crippen molar-refractivity contribution in [3.05, 3.63) is 29.0 Å². The molecule has 0 aliphatic rings. The third kappa shape index (κ3) is 3.64. The number of aromatic nitrogens is 2. The van der Waals surface area contributed by atoms with Gasteiger partial charge >= 0.3 is 0 Å². The maximum absolute atomic E-state index is 5.51. The van der Waals surface area contributed by atoms with E-state index in [0.29, 0.717) is 0 Å². The number of unbranched alkanes of at least 4 members (excludes halogenated alkanes) is 2. The van der Waals surface area contributed by atoms with E-state index in [1.165, 1.54) is 6.42 Å². The smallest absolute Gasteiger partial charge is 0.112 e. The lowest BCUT2D eigenvalue weighted by atomic mass is 10.2. The van der Waals surface area contributed by atoms with Crippen molar-refractivity contribution in [2.75, 3.05) is 25.0 Å². The van der Waals surface area contributed by atoms with Gasteiger partial charge in [0, 0.05) is 30.5 Å². The first-order chi connectivity index (χ1) is 9.22. The van der Waals surface area contributed by atoms with Crippen LogP contribution in [0, 0.1) is 0 Å². The lowest BCUT2D eigenvalue weighted by Crippen LogP contribution is -2.19. The minimum Gasteiger partial charge on any atom is -0.373 e. The van der Waals surface area contributed by atoms with Gasteiger partial charge in [-0.15, -0.1) is 0 Å². The third-order valence-corrected chi connectivity index (χ3v) is 3.57. The Kier molecular flexibility index (Phi) is 5.10. The van der Waals surface area contributed by atoms with Crippen molar-refractivity contribution in [1.29, 1.82) is 0 Å². The summed E-state index contributed by atoms with van der Waals surface area (Å²) in [6, 6.07) is 4.01. The van der Waals surface area contributed by atoms with E-state index < -0.39 is 0 Å². The second-order valence-corrected chi connectivity index (χ2v) is 5.54. The summed E-state index contributed by atoms with van der Waals surface area (Å²) in [5, 5.41) is 0. The van der Waals surface area contributed by atoms with Gasteiger partial charge in [0.25, 0.3) is 0 Å². The van der Waals surface area contributed by atoms with E-state index in [0.717, 1.165) is 47.1 Å². The molecule has 0 radical (unpaired) electrons. The maximum atomic E-state index is 5.51. The second-order valence-electron chi connectivity index (χ2n) is 4.62. The Morgan fingerprint density at radius 3 is 2.89 bits per heavy atom. The van der Waals surface area contributed by atoms with Gasteiger partial charge in [-0.05, 0) is 47.4 Å². The molecule has 2 heterocycles. The van der Waals surface area contributed by atoms with Crippen molar-refractivity contribution >= 4 is 32.7 Å². The number of fused-ring (bicyclic) bond motifs is 1. The molecule has 0 aliphatic carbocycles. The number of anilines is 1. The summed E-state index contributed by atoms with van der Waals surface area (Å²) in [4.78, 5) is 11.1. The highest BCUT2D eigenvalue weighted by atomic mass is 79.9. The number of pyridine rings is 2. The molecule has 0 saturated heterocycles. The summed E-state index contributed by atoms with van der Waals surface area (Å²) in [6.45, 7) is 1.79. The molecule has 5 heteroatoms. The fourth-order valence-electron chi connectivity index (χ4n) is 2.09. The normalized spacial score (nSPS) is 10.9. The van der Waals surface area contributed by atoms with Crippen LogP contribution in [0.1, 0.15) is 19.3 Å². The van der Waals surface area contributed by atoms with E-state index in [4.69, 9.17) is 5.73 Å². The van der Waals surface area contributed by atoms with Crippen LogP contribution < -0.4 is 10.6 Å². The van der Waals surface area contributed by atoms with Crippen LogP contribution in [0.4, 0.5) is 5.69 Å². The molecule has 19 heavy (non-hydrogen) atoms. The lowest BCUT2D eigenvalue weighted by molar-refractivity contribution is 0.679. The molecule has 0 fully saturated rings. The van der Waals surface area contributed by atoms with E-state index in [1.807, 2.05) is 24.5 Å². The van der Waals surface area contributed by atoms with Crippen LogP contribution in [0.3, 0.4) is 0 Å². The van der Waals surface area contributed by atoms with Gasteiger partial charge in [-0.1, -0.05) is 6.42 Å². The number of rotatable bonds is 6. The van der Waals surface area contributed by atoms with Gasteiger partial charge in [-0.25, -0.2) is 0 Å². The number of halogens is 1. The highest BCUT2D eigenvalue weighted by Gasteiger charge is 2.08. The van der Waals surface area contributed by atoms with E-state index in [1.54, 1.807) is 0 Å². The zero-order valence-corrected chi connectivity index (χ0v) is 12.7. The molecular weight excluding hydrogens is 304 g/mol. The molecular formula is C14H19BrN4. The quantitative estimate of drug-likeness (QED) is 0.831. The molecule has 0 aromatic carbocycles. The topological polar surface area (TPSA) is 55.0 Å². The van der Waals surface area contributed by atoms with Gasteiger partial charge in [0.15, 0.2) is 0 Å². The SMILES string of the molecule is CN(CCCCCN)c1ccnc2cc(Br)cnc12. The van der Waals surface area contributed by atoms with E-state index >= 15 is 0 Å². The molecule has 0 atom stereocenters. The van der Waals surface area contributed by atoms with E-state index in [2.05, 4.69) is 37.8 Å². The zero-order valence-electron chi connectivity index (χ0n) is 11.1. The molecule has 0 saturated carbocycles. The number of nitrogens with two attached hydrogens (primary N) is 1. The van der Waals surface area contributed by atoms with Crippen LogP contribution in [0.15, 0.2) is 29.0 Å². The van der Waals surface area contributed by atoms with Crippen molar-refractivity contribution in [2.45, 2.75) is 19.3 Å². The van der Waals surface area contributed by atoms with E-state index in [-0.39, 0.29) is 0 Å². The summed E-state index contributed by atoms with van der Waals surface area (Å²) in [5.74, 6) is 0. The van der Waals surface area contributed by atoms with Crippen LogP contribution >= 0.6 is 15.9 Å². The Labute approximate surface area is 122 Å². The number of hydrogen-bond acceptors (Lipinski definition) is 4. The first-order valence-corrected chi connectivity index (χ1v) is 7.33. The summed E-state index contributed by atoms with van der Waals surface area (Å²) < 4.78 is 0.954. The van der Waals surface area contributed by atoms with Gasteiger partial charge in [0.05, 0.1) is 11.2 Å². The Morgan fingerprint density at radius 2 is 2.11 bits per heavy atom. The highest BCUT2D eigenvalue weighted by Crippen LogP contribution is 2.24. The number of hydrogen-bond donors (Lipinski definition) is 1. The van der Waals surface area contributed by atoms with Gasteiger partial charge in [0.2, 0.25) is 0 Å². The Balaban J connectivity index is 2.15. The monoisotopic (exact) mass is 322 g/mol. The molecule has 0 unspecified atom stereocenters. The van der Waals surface area contributed by atoms with Crippen LogP contribution in [0.2, 0.25) is 0 Å². The second kappa shape index (κ2) is 6.82. The highest BCUT2D eigenvalue weighted by molar-refractivity contribution is 9.10. The minimum atomic E-state index is 0.775.